The molecule has 2 aromatic carbocycles. The van der Waals surface area contributed by atoms with Crippen molar-refractivity contribution in [3.05, 3.63) is 71.8 Å². The standard InChI is InChI=1S/C24H32N2O2/c1-25(2)18-22(19-26-16-10-5-11-17-26)28-24(27)23(20-12-6-3-7-13-20)21-14-8-4-9-15-21/h3-4,6-9,12-15,22-23H,5,10-11,16-19H2,1-2H3. The van der Waals surface area contributed by atoms with Crippen LogP contribution in [0.25, 0.3) is 0 Å². The number of nitrogens with zero attached hydrogens (tertiary/aromatic N) is 2. The van der Waals surface area contributed by atoms with Gasteiger partial charge in [0.1, 0.15) is 12.0 Å². The highest BCUT2D eigenvalue weighted by atomic mass is 16.5. The lowest BCUT2D eigenvalue weighted by atomic mass is 9.91. The van der Waals surface area contributed by atoms with Crippen LogP contribution in [0.2, 0.25) is 0 Å². The Morgan fingerprint density at radius 1 is 0.929 bits per heavy atom. The van der Waals surface area contributed by atoms with Crippen molar-refractivity contribution in [1.29, 1.82) is 0 Å². The Morgan fingerprint density at radius 2 is 1.46 bits per heavy atom. The van der Waals surface area contributed by atoms with E-state index in [2.05, 4.69) is 9.80 Å². The molecule has 1 heterocycles. The SMILES string of the molecule is CN(C)CC(CN1CCCCC1)OC(=O)C(c1ccccc1)c1ccccc1. The number of esters is 1. The molecule has 1 unspecified atom stereocenters. The zero-order chi connectivity index (χ0) is 19.8. The number of carbonyl (C=O) groups is 1. The summed E-state index contributed by atoms with van der Waals surface area (Å²) in [6.45, 7) is 3.74. The van der Waals surface area contributed by atoms with Gasteiger partial charge >= 0.3 is 5.97 Å². The molecule has 0 bridgehead atoms. The fraction of sp³-hybridized carbons (Fsp3) is 0.458. The molecule has 0 aromatic heterocycles. The molecule has 28 heavy (non-hydrogen) atoms. The molecule has 2 aromatic rings. The maximum Gasteiger partial charge on any atom is 0.318 e. The number of benzene rings is 2. The van der Waals surface area contributed by atoms with E-state index in [1.54, 1.807) is 0 Å². The van der Waals surface area contributed by atoms with Gasteiger partial charge in [-0.05, 0) is 51.2 Å². The fourth-order valence-corrected chi connectivity index (χ4v) is 3.96. The van der Waals surface area contributed by atoms with Gasteiger partial charge in [0.2, 0.25) is 0 Å². The molecule has 1 aliphatic heterocycles. The summed E-state index contributed by atoms with van der Waals surface area (Å²) in [4.78, 5) is 17.9. The summed E-state index contributed by atoms with van der Waals surface area (Å²) >= 11 is 0. The molecule has 0 N–H and O–H groups in total. The molecule has 3 rings (SSSR count). The summed E-state index contributed by atoms with van der Waals surface area (Å²) in [5.74, 6) is -0.560. The molecule has 150 valence electrons. The van der Waals surface area contributed by atoms with Crippen LogP contribution >= 0.6 is 0 Å². The number of ether oxygens (including phenoxy) is 1. The second-order valence-corrected chi connectivity index (χ2v) is 7.94. The first-order valence-corrected chi connectivity index (χ1v) is 10.3. The minimum atomic E-state index is -0.395. The summed E-state index contributed by atoms with van der Waals surface area (Å²) in [7, 11) is 4.06. The predicted octanol–water partition coefficient (Wildman–Crippen LogP) is 3.78. The van der Waals surface area contributed by atoms with Crippen LogP contribution in [0.4, 0.5) is 0 Å². The van der Waals surface area contributed by atoms with Crippen LogP contribution in [-0.4, -0.2) is 62.1 Å². The monoisotopic (exact) mass is 380 g/mol. The van der Waals surface area contributed by atoms with Crippen LogP contribution in [0.1, 0.15) is 36.3 Å². The summed E-state index contributed by atoms with van der Waals surface area (Å²) in [6.07, 6.45) is 3.65. The third kappa shape index (κ3) is 5.91. The minimum absolute atomic E-state index is 0.129. The molecule has 0 spiro atoms. The Bertz CT molecular complexity index is 672. The van der Waals surface area contributed by atoms with E-state index < -0.39 is 5.92 Å². The molecule has 4 heteroatoms. The van der Waals surface area contributed by atoms with Crippen molar-refractivity contribution >= 4 is 5.97 Å². The smallest absolute Gasteiger partial charge is 0.318 e. The van der Waals surface area contributed by atoms with Crippen molar-refractivity contribution < 1.29 is 9.53 Å². The van der Waals surface area contributed by atoms with Crippen LogP contribution in [0.15, 0.2) is 60.7 Å². The zero-order valence-electron chi connectivity index (χ0n) is 17.1. The molecule has 0 aliphatic carbocycles. The van der Waals surface area contributed by atoms with Gasteiger partial charge in [0.05, 0.1) is 0 Å². The normalized spacial score (nSPS) is 16.3. The van der Waals surface area contributed by atoms with Crippen molar-refractivity contribution in [2.45, 2.75) is 31.3 Å². The fourth-order valence-electron chi connectivity index (χ4n) is 3.96. The van der Waals surface area contributed by atoms with Crippen LogP contribution in [0.3, 0.4) is 0 Å². The van der Waals surface area contributed by atoms with Crippen molar-refractivity contribution in [2.24, 2.45) is 0 Å². The van der Waals surface area contributed by atoms with E-state index in [4.69, 9.17) is 4.74 Å². The predicted molar refractivity (Wildman–Crippen MR) is 113 cm³/mol. The first-order chi connectivity index (χ1) is 13.6. The van der Waals surface area contributed by atoms with Gasteiger partial charge in [-0.1, -0.05) is 67.1 Å². The molecule has 4 nitrogen and oxygen atoms in total. The number of rotatable bonds is 8. The van der Waals surface area contributed by atoms with Crippen LogP contribution < -0.4 is 0 Å². The third-order valence-corrected chi connectivity index (χ3v) is 5.26. The maximum absolute atomic E-state index is 13.3. The first kappa shape index (κ1) is 20.6. The molecule has 1 fully saturated rings. The minimum Gasteiger partial charge on any atom is -0.459 e. The van der Waals surface area contributed by atoms with Gasteiger partial charge in [0.25, 0.3) is 0 Å². The lowest BCUT2D eigenvalue weighted by Gasteiger charge is -2.32. The zero-order valence-corrected chi connectivity index (χ0v) is 17.1. The van der Waals surface area contributed by atoms with Crippen molar-refractivity contribution in [3.8, 4) is 0 Å². The summed E-state index contributed by atoms with van der Waals surface area (Å²) in [5.41, 5.74) is 1.94. The van der Waals surface area contributed by atoms with Crippen molar-refractivity contribution in [2.75, 3.05) is 40.3 Å². The van der Waals surface area contributed by atoms with Gasteiger partial charge < -0.3 is 9.64 Å². The third-order valence-electron chi connectivity index (χ3n) is 5.26. The Morgan fingerprint density at radius 3 is 1.96 bits per heavy atom. The largest absolute Gasteiger partial charge is 0.459 e. The maximum atomic E-state index is 13.3. The van der Waals surface area contributed by atoms with Gasteiger partial charge in [-0.25, -0.2) is 0 Å². The highest BCUT2D eigenvalue weighted by Crippen LogP contribution is 2.26. The Balaban J connectivity index is 1.77. The van der Waals surface area contributed by atoms with E-state index in [0.717, 1.165) is 37.3 Å². The number of likely N-dealkylation sites (N-methyl/N-ethyl adjacent to an activating group) is 1. The molecule has 0 radical (unpaired) electrons. The van der Waals surface area contributed by atoms with Gasteiger partial charge in [-0.3, -0.25) is 9.69 Å². The molecular weight excluding hydrogens is 348 g/mol. The van der Waals surface area contributed by atoms with E-state index in [9.17, 15) is 4.79 Å². The van der Waals surface area contributed by atoms with E-state index >= 15 is 0 Å². The second-order valence-electron chi connectivity index (χ2n) is 7.94. The van der Waals surface area contributed by atoms with Gasteiger partial charge in [0, 0.05) is 13.1 Å². The highest BCUT2D eigenvalue weighted by molar-refractivity contribution is 5.82. The van der Waals surface area contributed by atoms with E-state index in [0.29, 0.717) is 0 Å². The molecule has 1 atom stereocenters. The molecule has 1 aliphatic rings. The topological polar surface area (TPSA) is 32.8 Å². The molecule has 0 saturated carbocycles. The van der Waals surface area contributed by atoms with Crippen molar-refractivity contribution in [3.63, 3.8) is 0 Å². The number of hydrogen-bond donors (Lipinski definition) is 0. The average Bonchev–Trinajstić information content (AvgIpc) is 2.70. The lowest BCUT2D eigenvalue weighted by Crippen LogP contribution is -2.43. The summed E-state index contributed by atoms with van der Waals surface area (Å²) in [5, 5.41) is 0. The van der Waals surface area contributed by atoms with E-state index in [1.807, 2.05) is 74.8 Å². The van der Waals surface area contributed by atoms with E-state index in [-0.39, 0.29) is 12.1 Å². The van der Waals surface area contributed by atoms with Crippen LogP contribution in [0, 0.1) is 0 Å². The molecule has 1 saturated heterocycles. The lowest BCUT2D eigenvalue weighted by molar-refractivity contribution is -0.151. The Labute approximate surface area is 169 Å². The average molecular weight is 381 g/mol. The Hall–Kier alpha value is -2.17. The number of likely N-dealkylation sites (tertiary alicyclic amines) is 1. The molecule has 0 amide bonds. The first-order valence-electron chi connectivity index (χ1n) is 10.3. The van der Waals surface area contributed by atoms with Gasteiger partial charge in [0.15, 0.2) is 0 Å². The van der Waals surface area contributed by atoms with Gasteiger partial charge in [-0.15, -0.1) is 0 Å². The number of piperidine rings is 1. The molecular formula is C24H32N2O2. The number of hydrogen-bond acceptors (Lipinski definition) is 4. The van der Waals surface area contributed by atoms with E-state index in [1.165, 1.54) is 19.3 Å². The Kier molecular flexibility index (Phi) is 7.63. The quantitative estimate of drug-likeness (QED) is 0.653. The highest BCUT2D eigenvalue weighted by Gasteiger charge is 2.28. The summed E-state index contributed by atoms with van der Waals surface area (Å²) in [6, 6.07) is 19.9. The number of carbonyl (C=O) groups excluding carboxylic acids is 1. The summed E-state index contributed by atoms with van der Waals surface area (Å²) < 4.78 is 6.11. The second kappa shape index (κ2) is 10.4. The van der Waals surface area contributed by atoms with Crippen molar-refractivity contribution in [1.82, 2.24) is 9.80 Å². The van der Waals surface area contributed by atoms with Crippen LogP contribution in [0.5, 0.6) is 0 Å². The van der Waals surface area contributed by atoms with Gasteiger partial charge in [-0.2, -0.15) is 0 Å². The van der Waals surface area contributed by atoms with Crippen LogP contribution in [-0.2, 0) is 9.53 Å².